The molecule has 4 aromatic carbocycles. The fourth-order valence-electron chi connectivity index (χ4n) is 10.3. The molecule has 5 aromatic rings. The standard InChI is InChI=1S/C51H57N7O8/c1-7-28(2)45(55-50(61)64-5)49(60)58-29(3)13-18-42(58)47-52-24-41(54-47)33-14-16-35-34(20-33)27-66-44-23-36-32(21-38(35)44)15-17-39-37(36)22-40(53-39)43-19-30(26-63-4)25-57(43)48(59)46(56-51(62)65-6)31-11-9-8-10-12-31/h8-12,14-17,20-21,23-24,28-30,42-43,45-46H,7,13,18-19,22,25-27H2,1-6H3,(H,52,54)(H,55,61)(H,56,62)/t28-,29-,30-,42-,43-,45-,46+/m0/s1. The van der Waals surface area contributed by atoms with Crippen molar-refractivity contribution in [2.24, 2.45) is 16.8 Å². The number of H-pyrrole nitrogens is 1. The Bertz CT molecular complexity index is 2700. The molecular formula is C51H57N7O8. The molecule has 0 unspecified atom stereocenters. The molecule has 0 bridgehead atoms. The molecule has 0 aliphatic carbocycles. The van der Waals surface area contributed by atoms with Crippen molar-refractivity contribution < 1.29 is 38.1 Å². The molecule has 2 saturated heterocycles. The molecule has 0 radical (unpaired) electrons. The van der Waals surface area contributed by atoms with Crippen molar-refractivity contribution in [3.8, 4) is 28.1 Å². The first-order valence-electron chi connectivity index (χ1n) is 22.8. The van der Waals surface area contributed by atoms with E-state index in [-0.39, 0.29) is 41.8 Å². The number of hydrogen-bond acceptors (Lipinski definition) is 10. The van der Waals surface area contributed by atoms with Gasteiger partial charge in [0.05, 0.1) is 50.5 Å². The second-order valence-corrected chi connectivity index (χ2v) is 18.0. The van der Waals surface area contributed by atoms with E-state index < -0.39 is 24.3 Å². The first kappa shape index (κ1) is 44.5. The number of carbonyl (C=O) groups is 4. The van der Waals surface area contributed by atoms with E-state index >= 15 is 0 Å². The molecule has 7 atom stereocenters. The van der Waals surface area contributed by atoms with Gasteiger partial charge in [-0.15, -0.1) is 0 Å². The number of ether oxygens (including phenoxy) is 4. The van der Waals surface area contributed by atoms with Gasteiger partial charge in [-0.1, -0.05) is 68.8 Å². The molecule has 5 heterocycles. The number of likely N-dealkylation sites (tertiary alicyclic amines) is 2. The predicted octanol–water partition coefficient (Wildman–Crippen LogP) is 8.20. The van der Waals surface area contributed by atoms with Gasteiger partial charge in [0.15, 0.2) is 0 Å². The molecule has 3 N–H and O–H groups in total. The molecule has 0 spiro atoms. The van der Waals surface area contributed by atoms with Crippen LogP contribution in [0.4, 0.5) is 15.3 Å². The van der Waals surface area contributed by atoms with Gasteiger partial charge in [-0.2, -0.15) is 0 Å². The largest absolute Gasteiger partial charge is 0.488 e. The number of alkyl carbamates (subject to hydrolysis) is 2. The molecule has 4 aliphatic heterocycles. The average molecular weight is 896 g/mol. The summed E-state index contributed by atoms with van der Waals surface area (Å²) in [6, 6.07) is 21.8. The number of amides is 4. The Balaban J connectivity index is 0.948. The SMILES string of the molecule is CC[C@H](C)[C@H](NC(=O)OC)C(=O)N1[C@@H](C)CC[C@H]1c1ncc(-c2ccc3c(c2)COc2cc4c5c(ccc4cc2-3)N=C([C@@H]2C[C@H](COC)CN2C(=O)[C@H](NC(=O)OC)c2ccccc2)C5)[nH]1. The molecule has 4 amide bonds. The van der Waals surface area contributed by atoms with Crippen molar-refractivity contribution in [3.05, 3.63) is 102 Å². The maximum atomic E-state index is 14.5. The van der Waals surface area contributed by atoms with Gasteiger partial charge in [0.2, 0.25) is 11.8 Å². The summed E-state index contributed by atoms with van der Waals surface area (Å²) < 4.78 is 21.8. The Morgan fingerprint density at radius 1 is 0.909 bits per heavy atom. The van der Waals surface area contributed by atoms with Crippen LogP contribution in [0.3, 0.4) is 0 Å². The Labute approximate surface area is 384 Å². The fourth-order valence-corrected chi connectivity index (χ4v) is 10.3. The number of aromatic nitrogens is 2. The first-order valence-corrected chi connectivity index (χ1v) is 22.8. The van der Waals surface area contributed by atoms with Crippen molar-refractivity contribution in [3.63, 3.8) is 0 Å². The van der Waals surface area contributed by atoms with Gasteiger partial charge in [0.25, 0.3) is 0 Å². The highest BCUT2D eigenvalue weighted by molar-refractivity contribution is 6.07. The van der Waals surface area contributed by atoms with Crippen LogP contribution in [0.5, 0.6) is 5.75 Å². The second-order valence-electron chi connectivity index (χ2n) is 18.0. The van der Waals surface area contributed by atoms with Gasteiger partial charge in [-0.3, -0.25) is 14.6 Å². The van der Waals surface area contributed by atoms with Crippen LogP contribution in [0.25, 0.3) is 33.2 Å². The monoisotopic (exact) mass is 895 g/mol. The summed E-state index contributed by atoms with van der Waals surface area (Å²) in [4.78, 5) is 70.5. The molecule has 1 aromatic heterocycles. The van der Waals surface area contributed by atoms with E-state index in [1.54, 1.807) is 7.11 Å². The quantitative estimate of drug-likeness (QED) is 0.111. The normalized spacial score (nSPS) is 20.9. The number of rotatable bonds is 12. The van der Waals surface area contributed by atoms with Crippen molar-refractivity contribution in [2.45, 2.75) is 89.7 Å². The number of aliphatic imine (C=N–C) groups is 1. The number of nitrogens with one attached hydrogen (secondary N) is 3. The van der Waals surface area contributed by atoms with E-state index in [1.165, 1.54) is 14.2 Å². The maximum absolute atomic E-state index is 14.5. The van der Waals surface area contributed by atoms with Gasteiger partial charge in [-0.25, -0.2) is 14.6 Å². The molecule has 15 nitrogen and oxygen atoms in total. The zero-order valence-corrected chi connectivity index (χ0v) is 38.3. The number of hydrogen-bond donors (Lipinski definition) is 3. The zero-order chi connectivity index (χ0) is 46.2. The number of carbonyl (C=O) groups excluding carboxylic acids is 4. The molecule has 2 fully saturated rings. The van der Waals surface area contributed by atoms with Gasteiger partial charge >= 0.3 is 12.2 Å². The Morgan fingerprint density at radius 2 is 1.70 bits per heavy atom. The minimum Gasteiger partial charge on any atom is -0.488 e. The average Bonchev–Trinajstić information content (AvgIpc) is 4.17. The van der Waals surface area contributed by atoms with Crippen LogP contribution < -0.4 is 15.4 Å². The topological polar surface area (TPSA) is 177 Å². The number of fused-ring (bicyclic) bond motifs is 6. The van der Waals surface area contributed by atoms with Crippen molar-refractivity contribution >= 4 is 46.2 Å². The lowest BCUT2D eigenvalue weighted by molar-refractivity contribution is -0.137. The summed E-state index contributed by atoms with van der Waals surface area (Å²) >= 11 is 0. The molecule has 9 rings (SSSR count). The summed E-state index contributed by atoms with van der Waals surface area (Å²) in [5, 5.41) is 7.67. The minimum atomic E-state index is -0.928. The molecule has 66 heavy (non-hydrogen) atoms. The smallest absolute Gasteiger partial charge is 0.407 e. The van der Waals surface area contributed by atoms with Crippen LogP contribution in [-0.2, 0) is 36.8 Å². The van der Waals surface area contributed by atoms with Crippen LogP contribution in [-0.4, -0.2) is 102 Å². The third kappa shape index (κ3) is 8.36. The fraction of sp³-hybridized carbons (Fsp3) is 0.412. The van der Waals surface area contributed by atoms with Gasteiger partial charge < -0.3 is 44.4 Å². The predicted molar refractivity (Wildman–Crippen MR) is 249 cm³/mol. The lowest BCUT2D eigenvalue weighted by atomic mass is 9.90. The highest BCUT2D eigenvalue weighted by Crippen LogP contribution is 2.45. The highest BCUT2D eigenvalue weighted by Gasteiger charge is 2.44. The molecule has 344 valence electrons. The third-order valence-electron chi connectivity index (χ3n) is 14.0. The number of aromatic amines is 1. The van der Waals surface area contributed by atoms with Crippen molar-refractivity contribution in [1.82, 2.24) is 30.4 Å². The van der Waals surface area contributed by atoms with Crippen molar-refractivity contribution in [1.29, 1.82) is 0 Å². The van der Waals surface area contributed by atoms with Gasteiger partial charge in [-0.05, 0) is 95.0 Å². The maximum Gasteiger partial charge on any atom is 0.407 e. The van der Waals surface area contributed by atoms with Crippen LogP contribution in [0, 0.1) is 11.8 Å². The van der Waals surface area contributed by atoms with E-state index in [4.69, 9.17) is 28.9 Å². The molecule has 4 aliphatic rings. The molecule has 0 saturated carbocycles. The number of imidazole rings is 1. The number of methoxy groups -OCH3 is 3. The molecular weight excluding hydrogens is 839 g/mol. The summed E-state index contributed by atoms with van der Waals surface area (Å²) in [6.45, 7) is 7.36. The van der Waals surface area contributed by atoms with Gasteiger partial charge in [0, 0.05) is 43.3 Å². The van der Waals surface area contributed by atoms with E-state index in [0.29, 0.717) is 44.0 Å². The molecule has 15 heteroatoms. The van der Waals surface area contributed by atoms with Crippen molar-refractivity contribution in [2.75, 3.05) is 34.5 Å². The summed E-state index contributed by atoms with van der Waals surface area (Å²) in [6.07, 6.45) is 4.07. The second kappa shape index (κ2) is 18.6. The Kier molecular flexibility index (Phi) is 12.5. The minimum absolute atomic E-state index is 0.0200. The van der Waals surface area contributed by atoms with E-state index in [9.17, 15) is 19.2 Å². The van der Waals surface area contributed by atoms with Crippen LogP contribution in [0.1, 0.15) is 81.1 Å². The van der Waals surface area contributed by atoms with Gasteiger partial charge in [0.1, 0.15) is 30.3 Å². The van der Waals surface area contributed by atoms with E-state index in [2.05, 4.69) is 58.1 Å². The summed E-state index contributed by atoms with van der Waals surface area (Å²) in [7, 11) is 4.26. The lowest BCUT2D eigenvalue weighted by Gasteiger charge is -2.33. The summed E-state index contributed by atoms with van der Waals surface area (Å²) in [5.74, 6) is 1.16. The first-order chi connectivity index (χ1) is 32.0. The number of nitrogens with zero attached hydrogens (tertiary/aromatic N) is 4. The Hall–Kier alpha value is -6.74. The third-order valence-corrected chi connectivity index (χ3v) is 14.0. The van der Waals surface area contributed by atoms with E-state index in [1.807, 2.05) is 67.1 Å². The lowest BCUT2D eigenvalue weighted by Crippen LogP contribution is -2.53. The summed E-state index contributed by atoms with van der Waals surface area (Å²) in [5.41, 5.74) is 8.48. The Morgan fingerprint density at radius 3 is 2.45 bits per heavy atom. The van der Waals surface area contributed by atoms with Crippen LogP contribution in [0.15, 0.2) is 84.0 Å². The highest BCUT2D eigenvalue weighted by atomic mass is 16.5. The number of benzene rings is 4. The zero-order valence-electron chi connectivity index (χ0n) is 38.3. The van der Waals surface area contributed by atoms with Crippen LogP contribution >= 0.6 is 0 Å². The van der Waals surface area contributed by atoms with E-state index in [0.717, 1.165) is 80.7 Å². The van der Waals surface area contributed by atoms with Crippen LogP contribution in [0.2, 0.25) is 0 Å².